The molecule has 0 aliphatic rings. The Bertz CT molecular complexity index is 1350. The Morgan fingerprint density at radius 2 is 1.97 bits per heavy atom. The maximum Gasteiger partial charge on any atom is 0.262 e. The highest BCUT2D eigenvalue weighted by atomic mass is 35.5. The molecule has 0 aliphatic heterocycles. The van der Waals surface area contributed by atoms with Crippen molar-refractivity contribution in [2.24, 2.45) is 0 Å². The minimum Gasteiger partial charge on any atom is -0.324 e. The van der Waals surface area contributed by atoms with Crippen LogP contribution in [0.15, 0.2) is 52.4 Å². The van der Waals surface area contributed by atoms with Crippen molar-refractivity contribution in [3.8, 4) is 0 Å². The summed E-state index contributed by atoms with van der Waals surface area (Å²) in [7, 11) is 0. The molecule has 1 atom stereocenters. The number of hydrogen-bond acceptors (Lipinski definition) is 5. The molecule has 2 aromatic carbocycles. The van der Waals surface area contributed by atoms with Crippen LogP contribution >= 0.6 is 35.0 Å². The zero-order valence-electron chi connectivity index (χ0n) is 16.8. The van der Waals surface area contributed by atoms with Crippen molar-refractivity contribution >= 4 is 63.2 Å². The average Bonchev–Trinajstić information content (AvgIpc) is 3.16. The highest BCUT2D eigenvalue weighted by molar-refractivity contribution is 8.00. The van der Waals surface area contributed by atoms with Gasteiger partial charge < -0.3 is 5.32 Å². The number of amides is 1. The Balaban J connectivity index is 1.70. The molecule has 0 saturated heterocycles. The highest BCUT2D eigenvalue weighted by Gasteiger charge is 2.22. The van der Waals surface area contributed by atoms with Gasteiger partial charge in [0, 0.05) is 11.6 Å². The fourth-order valence-corrected chi connectivity index (χ4v) is 4.58. The summed E-state index contributed by atoms with van der Waals surface area (Å²) < 4.78 is 3.45. The van der Waals surface area contributed by atoms with Crippen LogP contribution in [0.25, 0.3) is 16.7 Å². The van der Waals surface area contributed by atoms with Gasteiger partial charge in [0.1, 0.15) is 0 Å². The summed E-state index contributed by atoms with van der Waals surface area (Å²) in [6, 6.07) is 12.2. The third-order valence-electron chi connectivity index (χ3n) is 4.77. The molecule has 0 fully saturated rings. The number of benzene rings is 2. The molecule has 2 heterocycles. The first kappa shape index (κ1) is 21.7. The molecule has 4 aromatic rings. The van der Waals surface area contributed by atoms with Gasteiger partial charge in [-0.2, -0.15) is 0 Å². The third-order valence-corrected chi connectivity index (χ3v) is 6.36. The van der Waals surface area contributed by atoms with E-state index in [1.165, 1.54) is 11.8 Å². The number of fused-ring (bicyclic) bond motifs is 3. The molecule has 1 amide bonds. The first-order valence-electron chi connectivity index (χ1n) is 9.70. The van der Waals surface area contributed by atoms with E-state index in [0.717, 1.165) is 6.42 Å². The SMILES string of the molecule is CCCn1c(=O)c2ccccc2n2c(SC(C)C(=O)Nc3ccc(Cl)cc3Cl)nnc12. The van der Waals surface area contributed by atoms with Crippen LogP contribution in [0.3, 0.4) is 0 Å². The summed E-state index contributed by atoms with van der Waals surface area (Å²) in [5.41, 5.74) is 1.09. The topological polar surface area (TPSA) is 81.3 Å². The molecule has 1 unspecified atom stereocenters. The van der Waals surface area contributed by atoms with E-state index in [2.05, 4.69) is 15.5 Å². The lowest BCUT2D eigenvalue weighted by Crippen LogP contribution is -2.24. The Kier molecular flexibility index (Phi) is 6.22. The number of hydrogen-bond donors (Lipinski definition) is 1. The van der Waals surface area contributed by atoms with E-state index in [9.17, 15) is 9.59 Å². The summed E-state index contributed by atoms with van der Waals surface area (Å²) in [5.74, 6) is 0.221. The second kappa shape index (κ2) is 8.90. The molecule has 0 aliphatic carbocycles. The maximum atomic E-state index is 12.9. The van der Waals surface area contributed by atoms with Crippen molar-refractivity contribution in [1.82, 2.24) is 19.2 Å². The standard InChI is InChI=1S/C21H19Cl2N5O2S/c1-3-10-27-19(30)14-6-4-5-7-17(14)28-20(27)25-26-21(28)31-12(2)18(29)24-16-9-8-13(22)11-15(16)23/h4-9,11-12H,3,10H2,1-2H3,(H,24,29). The monoisotopic (exact) mass is 475 g/mol. The number of aromatic nitrogens is 4. The summed E-state index contributed by atoms with van der Waals surface area (Å²) >= 11 is 13.3. The summed E-state index contributed by atoms with van der Waals surface area (Å²) in [6.45, 7) is 4.30. The predicted molar refractivity (Wildman–Crippen MR) is 125 cm³/mol. The fraction of sp³-hybridized carbons (Fsp3) is 0.238. The van der Waals surface area contributed by atoms with Gasteiger partial charge in [0.25, 0.3) is 5.56 Å². The second-order valence-electron chi connectivity index (χ2n) is 6.97. The zero-order chi connectivity index (χ0) is 22.1. The predicted octanol–water partition coefficient (Wildman–Crippen LogP) is 4.88. The molecule has 2 aromatic heterocycles. The number of carbonyl (C=O) groups is 1. The van der Waals surface area contributed by atoms with Gasteiger partial charge in [-0.1, -0.05) is 54.0 Å². The number of nitrogens with one attached hydrogen (secondary N) is 1. The van der Waals surface area contributed by atoms with E-state index in [0.29, 0.717) is 44.1 Å². The molecule has 7 nitrogen and oxygen atoms in total. The number of carbonyl (C=O) groups excluding carboxylic acids is 1. The van der Waals surface area contributed by atoms with E-state index >= 15 is 0 Å². The smallest absolute Gasteiger partial charge is 0.262 e. The van der Waals surface area contributed by atoms with E-state index in [1.54, 1.807) is 35.8 Å². The molecule has 0 radical (unpaired) electrons. The Morgan fingerprint density at radius 3 is 2.71 bits per heavy atom. The van der Waals surface area contributed by atoms with Crippen molar-refractivity contribution in [2.75, 3.05) is 5.32 Å². The van der Waals surface area contributed by atoms with Gasteiger partial charge in [-0.05, 0) is 43.7 Å². The quantitative estimate of drug-likeness (QED) is 0.401. The lowest BCUT2D eigenvalue weighted by Gasteiger charge is -2.13. The maximum absolute atomic E-state index is 12.9. The van der Waals surface area contributed by atoms with Gasteiger partial charge in [-0.3, -0.25) is 18.6 Å². The molecule has 160 valence electrons. The number of rotatable bonds is 6. The number of halogens is 2. The third kappa shape index (κ3) is 4.15. The first-order valence-corrected chi connectivity index (χ1v) is 11.3. The zero-order valence-corrected chi connectivity index (χ0v) is 19.1. The highest BCUT2D eigenvalue weighted by Crippen LogP contribution is 2.28. The molecule has 10 heteroatoms. The second-order valence-corrected chi connectivity index (χ2v) is 9.12. The van der Waals surface area contributed by atoms with Gasteiger partial charge >= 0.3 is 0 Å². The van der Waals surface area contributed by atoms with Crippen molar-refractivity contribution in [1.29, 1.82) is 0 Å². The number of para-hydroxylation sites is 1. The molecule has 1 N–H and O–H groups in total. The fourth-order valence-electron chi connectivity index (χ4n) is 3.27. The van der Waals surface area contributed by atoms with Crippen molar-refractivity contribution in [3.05, 3.63) is 62.9 Å². The Labute approximate surface area is 192 Å². The molecular formula is C21H19Cl2N5O2S. The molecule has 0 bridgehead atoms. The van der Waals surface area contributed by atoms with E-state index < -0.39 is 5.25 Å². The number of nitrogens with zero attached hydrogens (tertiary/aromatic N) is 4. The van der Waals surface area contributed by atoms with Gasteiger partial charge in [0.15, 0.2) is 5.16 Å². The van der Waals surface area contributed by atoms with Crippen LogP contribution < -0.4 is 10.9 Å². The van der Waals surface area contributed by atoms with Crippen LogP contribution in [0.5, 0.6) is 0 Å². The number of aryl methyl sites for hydroxylation is 1. The average molecular weight is 476 g/mol. The molecular weight excluding hydrogens is 457 g/mol. The lowest BCUT2D eigenvalue weighted by molar-refractivity contribution is -0.115. The minimum absolute atomic E-state index is 0.0999. The van der Waals surface area contributed by atoms with Gasteiger partial charge in [-0.25, -0.2) is 0 Å². The first-order chi connectivity index (χ1) is 14.9. The molecule has 0 saturated carbocycles. The van der Waals surface area contributed by atoms with Crippen LogP contribution in [0.1, 0.15) is 20.3 Å². The van der Waals surface area contributed by atoms with Crippen LogP contribution in [-0.2, 0) is 11.3 Å². The van der Waals surface area contributed by atoms with Gasteiger partial charge in [0.2, 0.25) is 11.7 Å². The van der Waals surface area contributed by atoms with Crippen LogP contribution in [0.4, 0.5) is 5.69 Å². The van der Waals surface area contributed by atoms with E-state index in [-0.39, 0.29) is 11.5 Å². The van der Waals surface area contributed by atoms with E-state index in [4.69, 9.17) is 23.2 Å². The van der Waals surface area contributed by atoms with Crippen molar-refractivity contribution < 1.29 is 4.79 Å². The summed E-state index contributed by atoms with van der Waals surface area (Å²) in [6.07, 6.45) is 0.782. The van der Waals surface area contributed by atoms with E-state index in [1.807, 2.05) is 29.5 Å². The number of anilines is 1. The molecule has 0 spiro atoms. The Hall–Kier alpha value is -2.55. The molecule has 4 rings (SSSR count). The van der Waals surface area contributed by atoms with Crippen molar-refractivity contribution in [3.63, 3.8) is 0 Å². The van der Waals surface area contributed by atoms with Crippen LogP contribution in [-0.4, -0.2) is 30.3 Å². The Morgan fingerprint density at radius 1 is 1.19 bits per heavy atom. The molecule has 31 heavy (non-hydrogen) atoms. The van der Waals surface area contributed by atoms with Gasteiger partial charge in [-0.15, -0.1) is 10.2 Å². The van der Waals surface area contributed by atoms with Crippen LogP contribution in [0.2, 0.25) is 10.0 Å². The summed E-state index contributed by atoms with van der Waals surface area (Å²) in [5, 5.41) is 12.8. The number of thioether (sulfide) groups is 1. The minimum atomic E-state index is -0.496. The summed E-state index contributed by atoms with van der Waals surface area (Å²) in [4.78, 5) is 25.7. The normalized spacial score (nSPS) is 12.4. The van der Waals surface area contributed by atoms with Crippen molar-refractivity contribution in [2.45, 2.75) is 37.2 Å². The van der Waals surface area contributed by atoms with Gasteiger partial charge in [0.05, 0.1) is 26.9 Å². The lowest BCUT2D eigenvalue weighted by atomic mass is 10.2. The largest absolute Gasteiger partial charge is 0.324 e. The van der Waals surface area contributed by atoms with Crippen LogP contribution in [0, 0.1) is 0 Å².